The summed E-state index contributed by atoms with van der Waals surface area (Å²) in [4.78, 5) is 9.69. The van der Waals surface area contributed by atoms with E-state index in [1.54, 1.807) is 0 Å². The molecule has 0 saturated heterocycles. The van der Waals surface area contributed by atoms with Gasteiger partial charge in [0, 0.05) is 12.5 Å². The molecule has 0 unspecified atom stereocenters. The van der Waals surface area contributed by atoms with Crippen LogP contribution in [0.5, 0.6) is 0 Å². The molecule has 0 spiro atoms. The summed E-state index contributed by atoms with van der Waals surface area (Å²) in [6, 6.07) is 0.663. The van der Waals surface area contributed by atoms with Crippen LogP contribution in [0, 0.1) is 0 Å². The van der Waals surface area contributed by atoms with Crippen LogP contribution in [0.15, 0.2) is 15.4 Å². The van der Waals surface area contributed by atoms with Gasteiger partial charge in [0.2, 0.25) is 5.76 Å². The third-order valence-electron chi connectivity index (χ3n) is 1.56. The molecular formula is C7H7FO5S. The Morgan fingerprint density at radius 2 is 2.21 bits per heavy atom. The van der Waals surface area contributed by atoms with Gasteiger partial charge < -0.3 is 9.52 Å². The average Bonchev–Trinajstić information content (AvgIpc) is 2.46. The van der Waals surface area contributed by atoms with Crippen LogP contribution in [0.25, 0.3) is 0 Å². The number of hydrogen-bond acceptors (Lipinski definition) is 4. The molecule has 0 aromatic carbocycles. The van der Waals surface area contributed by atoms with Crippen molar-refractivity contribution in [1.29, 1.82) is 0 Å². The van der Waals surface area contributed by atoms with Gasteiger partial charge in [0.25, 0.3) is 0 Å². The second-order valence-electron chi connectivity index (χ2n) is 2.49. The number of rotatable bonds is 3. The second-order valence-corrected chi connectivity index (χ2v) is 3.81. The Bertz CT molecular complexity index is 458. The molecule has 1 aromatic rings. The van der Waals surface area contributed by atoms with Gasteiger partial charge in [-0.2, -0.15) is 8.42 Å². The van der Waals surface area contributed by atoms with Crippen molar-refractivity contribution in [3.63, 3.8) is 0 Å². The molecule has 14 heavy (non-hydrogen) atoms. The summed E-state index contributed by atoms with van der Waals surface area (Å²) in [5.74, 6) is -2.21. The van der Waals surface area contributed by atoms with Crippen molar-refractivity contribution < 1.29 is 26.6 Å². The summed E-state index contributed by atoms with van der Waals surface area (Å²) in [5.41, 5.74) is 0. The molecule has 0 fully saturated rings. The van der Waals surface area contributed by atoms with E-state index in [0.29, 0.717) is 6.07 Å². The van der Waals surface area contributed by atoms with Crippen LogP contribution in [0.3, 0.4) is 0 Å². The summed E-state index contributed by atoms with van der Waals surface area (Å²) in [6.07, 6.45) is 0.103. The first-order valence-electron chi connectivity index (χ1n) is 3.67. The molecule has 0 aliphatic rings. The molecule has 1 N–H and O–H groups in total. The van der Waals surface area contributed by atoms with Gasteiger partial charge >= 0.3 is 16.2 Å². The molecule has 0 aliphatic carbocycles. The first-order valence-corrected chi connectivity index (χ1v) is 5.05. The first-order chi connectivity index (χ1) is 6.36. The van der Waals surface area contributed by atoms with Gasteiger partial charge in [-0.1, -0.05) is 6.92 Å². The highest BCUT2D eigenvalue weighted by Crippen LogP contribution is 2.23. The molecule has 1 rings (SSSR count). The van der Waals surface area contributed by atoms with Crippen molar-refractivity contribution >= 4 is 16.2 Å². The van der Waals surface area contributed by atoms with E-state index in [1.807, 2.05) is 0 Å². The number of aromatic carboxylic acids is 1. The van der Waals surface area contributed by atoms with E-state index in [9.17, 15) is 17.1 Å². The quantitative estimate of drug-likeness (QED) is 0.776. The molecule has 1 heterocycles. The van der Waals surface area contributed by atoms with Crippen LogP contribution >= 0.6 is 0 Å². The third-order valence-corrected chi connectivity index (χ3v) is 2.44. The molecule has 78 valence electrons. The average molecular weight is 222 g/mol. The lowest BCUT2D eigenvalue weighted by Crippen LogP contribution is -1.94. The Kier molecular flexibility index (Phi) is 2.61. The lowest BCUT2D eigenvalue weighted by atomic mass is 10.3. The van der Waals surface area contributed by atoms with Crippen LogP contribution in [0.2, 0.25) is 0 Å². The van der Waals surface area contributed by atoms with E-state index in [1.165, 1.54) is 6.92 Å². The SMILES string of the molecule is CCc1oc(C(=O)O)cc1S(=O)(=O)F. The topological polar surface area (TPSA) is 84.6 Å². The van der Waals surface area contributed by atoms with Crippen molar-refractivity contribution in [1.82, 2.24) is 0 Å². The van der Waals surface area contributed by atoms with Gasteiger partial charge in [0.1, 0.15) is 10.7 Å². The zero-order valence-electron chi connectivity index (χ0n) is 7.15. The highest BCUT2D eigenvalue weighted by molar-refractivity contribution is 7.86. The molecule has 7 heteroatoms. The van der Waals surface area contributed by atoms with Gasteiger partial charge in [-0.15, -0.1) is 3.89 Å². The number of carboxylic acids is 1. The van der Waals surface area contributed by atoms with E-state index < -0.39 is 26.8 Å². The predicted molar refractivity (Wildman–Crippen MR) is 43.3 cm³/mol. The van der Waals surface area contributed by atoms with Crippen LogP contribution in [0.1, 0.15) is 23.2 Å². The number of halogens is 1. The van der Waals surface area contributed by atoms with Gasteiger partial charge in [-0.3, -0.25) is 0 Å². The number of hydrogen-bond donors (Lipinski definition) is 1. The predicted octanol–water partition coefficient (Wildman–Crippen LogP) is 1.20. The van der Waals surface area contributed by atoms with Crippen molar-refractivity contribution in [3.05, 3.63) is 17.6 Å². The number of furan rings is 1. The van der Waals surface area contributed by atoms with Gasteiger partial charge in [-0.25, -0.2) is 4.79 Å². The monoisotopic (exact) mass is 222 g/mol. The van der Waals surface area contributed by atoms with E-state index in [2.05, 4.69) is 4.42 Å². The second kappa shape index (κ2) is 3.41. The zero-order chi connectivity index (χ0) is 10.9. The van der Waals surface area contributed by atoms with Crippen molar-refractivity contribution in [3.8, 4) is 0 Å². The van der Waals surface area contributed by atoms with Crippen molar-refractivity contribution in [2.24, 2.45) is 0 Å². The minimum Gasteiger partial charge on any atom is -0.475 e. The Hall–Kier alpha value is -1.37. The molecule has 0 saturated carbocycles. The molecule has 0 atom stereocenters. The van der Waals surface area contributed by atoms with Crippen LogP contribution in [-0.2, 0) is 16.6 Å². The lowest BCUT2D eigenvalue weighted by molar-refractivity contribution is 0.0660. The first kappa shape index (κ1) is 10.7. The number of carboxylic acid groups (broad SMARTS) is 1. The van der Waals surface area contributed by atoms with Crippen LogP contribution in [0.4, 0.5) is 3.89 Å². The Balaban J connectivity index is 3.37. The maximum absolute atomic E-state index is 12.6. The normalized spacial score (nSPS) is 11.6. The van der Waals surface area contributed by atoms with Gasteiger partial charge in [0.05, 0.1) is 0 Å². The van der Waals surface area contributed by atoms with E-state index in [4.69, 9.17) is 5.11 Å². The van der Waals surface area contributed by atoms with E-state index >= 15 is 0 Å². The molecular weight excluding hydrogens is 215 g/mol. The molecule has 0 bridgehead atoms. The van der Waals surface area contributed by atoms with E-state index in [-0.39, 0.29) is 12.2 Å². The highest BCUT2D eigenvalue weighted by atomic mass is 32.3. The Morgan fingerprint density at radius 1 is 1.64 bits per heavy atom. The zero-order valence-corrected chi connectivity index (χ0v) is 7.97. The minimum absolute atomic E-state index is 0.103. The van der Waals surface area contributed by atoms with Crippen LogP contribution in [-0.4, -0.2) is 19.5 Å². The maximum Gasteiger partial charge on any atom is 0.371 e. The summed E-state index contributed by atoms with van der Waals surface area (Å²) in [6.45, 7) is 1.53. The lowest BCUT2D eigenvalue weighted by Gasteiger charge is -1.91. The van der Waals surface area contributed by atoms with E-state index in [0.717, 1.165) is 0 Å². The fourth-order valence-corrected chi connectivity index (χ4v) is 1.68. The van der Waals surface area contributed by atoms with Crippen molar-refractivity contribution in [2.45, 2.75) is 18.2 Å². The summed E-state index contributed by atoms with van der Waals surface area (Å²) in [5, 5.41) is 8.47. The fraction of sp³-hybridized carbons (Fsp3) is 0.286. The molecule has 0 amide bonds. The summed E-state index contributed by atoms with van der Waals surface area (Å²) >= 11 is 0. The molecule has 0 radical (unpaired) electrons. The highest BCUT2D eigenvalue weighted by Gasteiger charge is 2.24. The summed E-state index contributed by atoms with van der Waals surface area (Å²) < 4.78 is 38.3. The van der Waals surface area contributed by atoms with Crippen molar-refractivity contribution in [2.75, 3.05) is 0 Å². The number of aryl methyl sites for hydroxylation is 1. The minimum atomic E-state index is -4.92. The van der Waals surface area contributed by atoms with Crippen LogP contribution < -0.4 is 0 Å². The largest absolute Gasteiger partial charge is 0.475 e. The molecule has 5 nitrogen and oxygen atoms in total. The third kappa shape index (κ3) is 1.92. The standard InChI is InChI=1S/C7H7FO5S/c1-2-4-6(14(8,11)12)3-5(13-4)7(9)10/h3H,2H2,1H3,(H,9,10). The smallest absolute Gasteiger partial charge is 0.371 e. The maximum atomic E-state index is 12.6. The Morgan fingerprint density at radius 3 is 2.50 bits per heavy atom. The summed E-state index contributed by atoms with van der Waals surface area (Å²) in [7, 11) is -4.92. The fourth-order valence-electron chi connectivity index (χ4n) is 0.970. The van der Waals surface area contributed by atoms with Gasteiger partial charge in [-0.05, 0) is 0 Å². The Labute approximate surface area is 79.4 Å². The number of carbonyl (C=O) groups is 1. The molecule has 1 aromatic heterocycles. The van der Waals surface area contributed by atoms with Gasteiger partial charge in [0.15, 0.2) is 0 Å². The molecule has 0 aliphatic heterocycles.